The Kier molecular flexibility index (Phi) is 9.96. The number of aromatic nitrogens is 1. The zero-order valence-electron chi connectivity index (χ0n) is 23.2. The van der Waals surface area contributed by atoms with Crippen molar-refractivity contribution < 1.29 is 5.11 Å². The lowest BCUT2D eigenvalue weighted by Crippen LogP contribution is -2.18. The van der Waals surface area contributed by atoms with Crippen molar-refractivity contribution in [1.29, 1.82) is 0 Å². The summed E-state index contributed by atoms with van der Waals surface area (Å²) >= 11 is 14.0. The maximum Gasteiger partial charge on any atom is 0.190 e. The van der Waals surface area contributed by atoms with Gasteiger partial charge in [-0.05, 0) is 53.3 Å². The van der Waals surface area contributed by atoms with Gasteiger partial charge in [-0.1, -0.05) is 92.7 Å². The molecule has 208 valence electrons. The van der Waals surface area contributed by atoms with Crippen LogP contribution in [0.5, 0.6) is 0 Å². The lowest BCUT2D eigenvalue weighted by Gasteiger charge is -2.24. The number of hydrogen-bond donors (Lipinski definition) is 1. The Labute approximate surface area is 251 Å². The Morgan fingerprint density at radius 3 is 2.33 bits per heavy atom. The van der Waals surface area contributed by atoms with Crippen LogP contribution in [0.2, 0.25) is 10.0 Å². The van der Waals surface area contributed by atoms with Gasteiger partial charge in [0.1, 0.15) is 0 Å². The fourth-order valence-corrected chi connectivity index (χ4v) is 5.45. The van der Waals surface area contributed by atoms with Crippen LogP contribution in [0.3, 0.4) is 0 Å². The molecule has 0 radical (unpaired) electrons. The molecule has 0 aliphatic rings. The van der Waals surface area contributed by atoms with Crippen LogP contribution in [0.25, 0.3) is 17.0 Å². The lowest BCUT2D eigenvalue weighted by atomic mass is 9.98. The number of nitrogens with zero attached hydrogens (tertiary/aromatic N) is 3. The molecule has 0 amide bonds. The quantitative estimate of drug-likeness (QED) is 0.166. The second kappa shape index (κ2) is 13.4. The van der Waals surface area contributed by atoms with Crippen LogP contribution < -0.4 is 4.90 Å². The Morgan fingerprint density at radius 2 is 1.70 bits per heavy atom. The van der Waals surface area contributed by atoms with Gasteiger partial charge in [0, 0.05) is 42.3 Å². The van der Waals surface area contributed by atoms with Crippen LogP contribution in [0.1, 0.15) is 49.3 Å². The molecule has 0 bridgehead atoms. The summed E-state index contributed by atoms with van der Waals surface area (Å²) in [5, 5.41) is 13.4. The summed E-state index contributed by atoms with van der Waals surface area (Å²) in [6, 6.07) is 22.8. The van der Waals surface area contributed by atoms with E-state index in [9.17, 15) is 5.11 Å². The molecular formula is C33H35Cl2N3OS. The van der Waals surface area contributed by atoms with E-state index in [0.717, 1.165) is 45.3 Å². The van der Waals surface area contributed by atoms with E-state index in [4.69, 9.17) is 28.2 Å². The molecule has 40 heavy (non-hydrogen) atoms. The predicted molar refractivity (Wildman–Crippen MR) is 173 cm³/mol. The summed E-state index contributed by atoms with van der Waals surface area (Å²) in [6.45, 7) is 13.6. The van der Waals surface area contributed by atoms with Gasteiger partial charge in [-0.15, -0.1) is 11.3 Å². The average Bonchev–Trinajstić information content (AvgIpc) is 3.45. The molecule has 0 aliphatic carbocycles. The van der Waals surface area contributed by atoms with Gasteiger partial charge in [-0.25, -0.2) is 4.98 Å². The summed E-state index contributed by atoms with van der Waals surface area (Å²) in [6.07, 6.45) is 1.61. The van der Waals surface area contributed by atoms with E-state index >= 15 is 0 Å². The van der Waals surface area contributed by atoms with Gasteiger partial charge in [-0.2, -0.15) is 0 Å². The molecule has 4 nitrogen and oxygen atoms in total. The van der Waals surface area contributed by atoms with Gasteiger partial charge in [0.25, 0.3) is 0 Å². The number of aliphatic hydroxyl groups is 1. The Balaban J connectivity index is 1.61. The Hall–Kier alpha value is -3.25. The smallest absolute Gasteiger partial charge is 0.190 e. The third-order valence-corrected chi connectivity index (χ3v) is 8.75. The van der Waals surface area contributed by atoms with E-state index < -0.39 is 0 Å². The number of thiazole rings is 1. The Morgan fingerprint density at radius 1 is 1.00 bits per heavy atom. The number of hydrogen-bond acceptors (Lipinski definition) is 5. The maximum absolute atomic E-state index is 9.44. The second-order valence-electron chi connectivity index (χ2n) is 10.0. The molecule has 1 aromatic heterocycles. The number of benzene rings is 3. The first-order chi connectivity index (χ1) is 19.2. The standard InChI is InChI=1S/C33H35Cl2N3OS/c1-6-22(2)26-11-14-29(15-12-26)38(33-36-32(21-40-33)28-13-16-30(34)31(35)19-28)20-25-7-9-27(10-8-25)24(4)37(5)18-17-23(3)39/h7-16,19,21-22,39H,3-4,6,17-18,20H2,1-2,5H3. The molecule has 4 rings (SSSR count). The molecule has 3 aromatic carbocycles. The molecule has 1 atom stereocenters. The molecular weight excluding hydrogens is 557 g/mol. The number of rotatable bonds is 12. The van der Waals surface area contributed by atoms with Crippen molar-refractivity contribution in [3.05, 3.63) is 118 Å². The van der Waals surface area contributed by atoms with Gasteiger partial charge in [0.15, 0.2) is 5.13 Å². The fraction of sp³-hybridized carbons (Fsp3) is 0.242. The predicted octanol–water partition coefficient (Wildman–Crippen LogP) is 10.3. The first-order valence-corrected chi connectivity index (χ1v) is 14.9. The third-order valence-electron chi connectivity index (χ3n) is 7.15. The summed E-state index contributed by atoms with van der Waals surface area (Å²) < 4.78 is 0. The van der Waals surface area contributed by atoms with Crippen LogP contribution in [-0.4, -0.2) is 28.6 Å². The van der Waals surface area contributed by atoms with Gasteiger partial charge < -0.3 is 14.9 Å². The number of aliphatic hydroxyl groups excluding tert-OH is 1. The highest BCUT2D eigenvalue weighted by molar-refractivity contribution is 7.14. The number of halogens is 2. The van der Waals surface area contributed by atoms with Crippen molar-refractivity contribution in [1.82, 2.24) is 9.88 Å². The monoisotopic (exact) mass is 591 g/mol. The van der Waals surface area contributed by atoms with Crippen LogP contribution in [0.15, 0.2) is 91.0 Å². The SMILES string of the molecule is C=C(O)CCN(C)C(=C)c1ccc(CN(c2ccc(C(C)CC)cc2)c2nc(-c3ccc(Cl)c(Cl)c3)cs2)cc1. The van der Waals surface area contributed by atoms with Crippen molar-refractivity contribution in [2.45, 2.75) is 39.2 Å². The van der Waals surface area contributed by atoms with E-state index in [1.807, 2.05) is 24.1 Å². The Bertz CT molecular complexity index is 1460. The fourth-order valence-electron chi connectivity index (χ4n) is 4.30. The van der Waals surface area contributed by atoms with Crippen LogP contribution in [-0.2, 0) is 6.54 Å². The molecule has 0 aliphatic heterocycles. The highest BCUT2D eigenvalue weighted by Crippen LogP contribution is 2.36. The summed E-state index contributed by atoms with van der Waals surface area (Å²) in [5.74, 6) is 0.689. The molecule has 1 N–H and O–H groups in total. The minimum absolute atomic E-state index is 0.178. The van der Waals surface area contributed by atoms with Crippen molar-refractivity contribution >= 4 is 51.1 Å². The molecule has 1 heterocycles. The van der Waals surface area contributed by atoms with Gasteiger partial charge >= 0.3 is 0 Å². The van der Waals surface area contributed by atoms with Gasteiger partial charge in [0.05, 0.1) is 28.0 Å². The van der Waals surface area contributed by atoms with E-state index in [1.165, 1.54) is 5.56 Å². The highest BCUT2D eigenvalue weighted by atomic mass is 35.5. The minimum atomic E-state index is 0.178. The molecule has 1 unspecified atom stereocenters. The topological polar surface area (TPSA) is 39.6 Å². The summed E-state index contributed by atoms with van der Waals surface area (Å²) in [5.41, 5.74) is 7.30. The summed E-state index contributed by atoms with van der Waals surface area (Å²) in [4.78, 5) is 9.27. The van der Waals surface area contributed by atoms with Crippen LogP contribution in [0, 0.1) is 0 Å². The van der Waals surface area contributed by atoms with Crippen molar-refractivity contribution in [2.75, 3.05) is 18.5 Å². The van der Waals surface area contributed by atoms with Crippen molar-refractivity contribution in [3.63, 3.8) is 0 Å². The first-order valence-electron chi connectivity index (χ1n) is 13.3. The van der Waals surface area contributed by atoms with Gasteiger partial charge in [0.2, 0.25) is 0 Å². The molecule has 0 fully saturated rings. The third kappa shape index (κ3) is 7.28. The van der Waals surface area contributed by atoms with E-state index in [1.54, 1.807) is 17.4 Å². The zero-order chi connectivity index (χ0) is 28.8. The first kappa shape index (κ1) is 29.7. The average molecular weight is 593 g/mol. The molecule has 0 saturated heterocycles. The minimum Gasteiger partial charge on any atom is -0.513 e. The van der Waals surface area contributed by atoms with Crippen molar-refractivity contribution in [2.24, 2.45) is 0 Å². The summed E-state index contributed by atoms with van der Waals surface area (Å²) in [7, 11) is 1.97. The zero-order valence-corrected chi connectivity index (χ0v) is 25.5. The lowest BCUT2D eigenvalue weighted by molar-refractivity contribution is 0.363. The second-order valence-corrected chi connectivity index (χ2v) is 11.7. The van der Waals surface area contributed by atoms with Gasteiger partial charge in [-0.3, -0.25) is 0 Å². The largest absolute Gasteiger partial charge is 0.513 e. The van der Waals surface area contributed by atoms with Crippen molar-refractivity contribution in [3.8, 4) is 11.3 Å². The van der Waals surface area contributed by atoms with E-state index in [-0.39, 0.29) is 5.76 Å². The highest BCUT2D eigenvalue weighted by Gasteiger charge is 2.17. The molecule has 0 saturated carbocycles. The molecule has 4 aromatic rings. The van der Waals surface area contributed by atoms with Crippen LogP contribution >= 0.6 is 34.5 Å². The normalized spacial score (nSPS) is 11.7. The molecule has 7 heteroatoms. The maximum atomic E-state index is 9.44. The van der Waals surface area contributed by atoms with E-state index in [2.05, 4.69) is 85.8 Å². The van der Waals surface area contributed by atoms with E-state index in [0.29, 0.717) is 35.5 Å². The molecule has 0 spiro atoms. The number of anilines is 2. The van der Waals surface area contributed by atoms with Crippen LogP contribution in [0.4, 0.5) is 10.8 Å².